The molecule has 0 aliphatic carbocycles. The van der Waals surface area contributed by atoms with Crippen LogP contribution in [-0.4, -0.2) is 33.7 Å². The fourth-order valence-electron chi connectivity index (χ4n) is 2.66. The van der Waals surface area contributed by atoms with Crippen LogP contribution in [0.4, 0.5) is 5.69 Å². The number of carbonyl (C=O) groups is 2. The smallest absolute Gasteiger partial charge is 0.263 e. The van der Waals surface area contributed by atoms with Gasteiger partial charge in [-0.05, 0) is 36.6 Å². The third kappa shape index (κ3) is 4.93. The van der Waals surface area contributed by atoms with Gasteiger partial charge < -0.3 is 10.6 Å². The minimum atomic E-state index is -0.256. The normalized spacial score (nSPS) is 10.7. The van der Waals surface area contributed by atoms with Gasteiger partial charge in [0.15, 0.2) is 5.16 Å². The number of nitrogens with one attached hydrogen (secondary N) is 2. The molecule has 0 saturated heterocycles. The molecule has 7 nitrogen and oxygen atoms in total. The van der Waals surface area contributed by atoms with Crippen LogP contribution in [0, 0.1) is 0 Å². The molecule has 2 amide bonds. The van der Waals surface area contributed by atoms with Gasteiger partial charge in [0.05, 0.1) is 11.1 Å². The maximum Gasteiger partial charge on any atom is 0.263 e. The van der Waals surface area contributed by atoms with Gasteiger partial charge in [-0.1, -0.05) is 23.9 Å². The minimum absolute atomic E-state index is 0.0752. The molecule has 2 N–H and O–H groups in total. The zero-order chi connectivity index (χ0) is 20.8. The fourth-order valence-corrected chi connectivity index (χ4v) is 4.27. The van der Waals surface area contributed by atoms with E-state index in [-0.39, 0.29) is 23.1 Å². The summed E-state index contributed by atoms with van der Waals surface area (Å²) >= 11 is 2.57. The molecule has 9 heteroatoms. The van der Waals surface area contributed by atoms with Crippen molar-refractivity contribution < 1.29 is 9.59 Å². The van der Waals surface area contributed by atoms with Gasteiger partial charge >= 0.3 is 0 Å². The highest BCUT2D eigenvalue weighted by molar-refractivity contribution is 7.99. The largest absolute Gasteiger partial charge is 0.352 e. The van der Waals surface area contributed by atoms with E-state index in [1.165, 1.54) is 27.7 Å². The Bertz CT molecular complexity index is 1120. The summed E-state index contributed by atoms with van der Waals surface area (Å²) in [4.78, 5) is 42.1. The highest BCUT2D eigenvalue weighted by Crippen LogP contribution is 2.21. The number of benzene rings is 1. The van der Waals surface area contributed by atoms with Gasteiger partial charge in [0.1, 0.15) is 4.83 Å². The highest BCUT2D eigenvalue weighted by Gasteiger charge is 2.14. The molecule has 0 aliphatic heterocycles. The van der Waals surface area contributed by atoms with E-state index < -0.39 is 0 Å². The predicted octanol–water partition coefficient (Wildman–Crippen LogP) is 3.12. The Morgan fingerprint density at radius 2 is 2.17 bits per heavy atom. The number of fused-ring (bicyclic) bond motifs is 1. The summed E-state index contributed by atoms with van der Waals surface area (Å²) < 4.78 is 1.51. The SMILES string of the molecule is C=CCn1c(SCC(=O)Nc2cccc(C(=O)NCC)c2)nc2sccc2c1=O. The van der Waals surface area contributed by atoms with Gasteiger partial charge in [0.2, 0.25) is 5.91 Å². The summed E-state index contributed by atoms with van der Waals surface area (Å²) in [6.07, 6.45) is 1.62. The first-order chi connectivity index (χ1) is 14.0. The Balaban J connectivity index is 1.72. The molecule has 0 aliphatic rings. The monoisotopic (exact) mass is 428 g/mol. The van der Waals surface area contributed by atoms with Crippen LogP contribution in [0.2, 0.25) is 0 Å². The van der Waals surface area contributed by atoms with Crippen molar-refractivity contribution in [2.75, 3.05) is 17.6 Å². The van der Waals surface area contributed by atoms with Gasteiger partial charge in [-0.3, -0.25) is 19.0 Å². The van der Waals surface area contributed by atoms with Gasteiger partial charge in [-0.15, -0.1) is 17.9 Å². The molecular formula is C20H20N4O3S2. The van der Waals surface area contributed by atoms with Crippen molar-refractivity contribution in [1.82, 2.24) is 14.9 Å². The first kappa shape index (κ1) is 20.8. The molecule has 0 radical (unpaired) electrons. The van der Waals surface area contributed by atoms with Crippen LogP contribution in [0.25, 0.3) is 10.2 Å². The lowest BCUT2D eigenvalue weighted by molar-refractivity contribution is -0.113. The van der Waals surface area contributed by atoms with Crippen LogP contribution in [0.5, 0.6) is 0 Å². The molecule has 3 aromatic rings. The van der Waals surface area contributed by atoms with Gasteiger partial charge in [0.25, 0.3) is 11.5 Å². The van der Waals surface area contributed by atoms with Crippen molar-refractivity contribution in [3.05, 3.63) is 64.3 Å². The zero-order valence-corrected chi connectivity index (χ0v) is 17.4. The first-order valence-corrected chi connectivity index (χ1v) is 10.8. The summed E-state index contributed by atoms with van der Waals surface area (Å²) in [5.41, 5.74) is 0.861. The Hall–Kier alpha value is -2.91. The van der Waals surface area contributed by atoms with Crippen LogP contribution in [0.3, 0.4) is 0 Å². The van der Waals surface area contributed by atoms with E-state index in [2.05, 4.69) is 22.2 Å². The standard InChI is InChI=1S/C20H20N4O3S2/c1-3-9-24-19(27)15-8-10-28-18(15)23-20(24)29-12-16(25)22-14-7-5-6-13(11-14)17(26)21-4-2/h3,5-8,10-11H,1,4,9,12H2,2H3,(H,21,26)(H,22,25). The number of amides is 2. The van der Waals surface area contributed by atoms with Crippen LogP contribution >= 0.6 is 23.1 Å². The Morgan fingerprint density at radius 1 is 1.34 bits per heavy atom. The number of carbonyl (C=O) groups excluding carboxylic acids is 2. The lowest BCUT2D eigenvalue weighted by atomic mass is 10.2. The summed E-state index contributed by atoms with van der Waals surface area (Å²) in [7, 11) is 0. The molecule has 1 aromatic carbocycles. The van der Waals surface area contributed by atoms with Crippen LogP contribution in [0.1, 0.15) is 17.3 Å². The van der Waals surface area contributed by atoms with E-state index in [0.717, 1.165) is 0 Å². The molecule has 0 spiro atoms. The number of aromatic nitrogens is 2. The third-order valence-corrected chi connectivity index (χ3v) is 5.72. The second-order valence-corrected chi connectivity index (χ2v) is 7.85. The van der Waals surface area contributed by atoms with E-state index in [1.807, 2.05) is 12.3 Å². The Morgan fingerprint density at radius 3 is 2.93 bits per heavy atom. The third-order valence-electron chi connectivity index (χ3n) is 3.94. The van der Waals surface area contributed by atoms with Crippen LogP contribution in [0.15, 0.2) is 58.3 Å². The van der Waals surface area contributed by atoms with Crippen LogP contribution in [-0.2, 0) is 11.3 Å². The average Bonchev–Trinajstić information content (AvgIpc) is 3.18. The molecule has 150 valence electrons. The maximum atomic E-state index is 12.6. The molecule has 0 atom stereocenters. The second-order valence-electron chi connectivity index (χ2n) is 6.02. The molecule has 0 fully saturated rings. The second kappa shape index (κ2) is 9.53. The summed E-state index contributed by atoms with van der Waals surface area (Å²) in [5.74, 6) is -0.375. The number of thiophene rings is 1. The van der Waals surface area contributed by atoms with E-state index in [9.17, 15) is 14.4 Å². The summed E-state index contributed by atoms with van der Waals surface area (Å²) in [6, 6.07) is 8.48. The molecule has 29 heavy (non-hydrogen) atoms. The Labute approximate surface area is 175 Å². The number of hydrogen-bond donors (Lipinski definition) is 2. The van der Waals surface area contributed by atoms with Gasteiger partial charge in [0, 0.05) is 24.3 Å². The first-order valence-electron chi connectivity index (χ1n) is 8.93. The number of allylic oxidation sites excluding steroid dienone is 1. The topological polar surface area (TPSA) is 93.1 Å². The maximum absolute atomic E-state index is 12.6. The van der Waals surface area contributed by atoms with E-state index in [4.69, 9.17) is 0 Å². The fraction of sp³-hybridized carbons (Fsp3) is 0.200. The number of rotatable bonds is 8. The van der Waals surface area contributed by atoms with E-state index >= 15 is 0 Å². The van der Waals surface area contributed by atoms with Crippen molar-refractivity contribution in [2.45, 2.75) is 18.6 Å². The highest BCUT2D eigenvalue weighted by atomic mass is 32.2. The van der Waals surface area contributed by atoms with Crippen molar-refractivity contribution >= 4 is 50.8 Å². The summed E-state index contributed by atoms with van der Waals surface area (Å²) in [5, 5.41) is 8.35. The number of anilines is 1. The summed E-state index contributed by atoms with van der Waals surface area (Å²) in [6.45, 7) is 6.37. The number of thioether (sulfide) groups is 1. The van der Waals surface area contributed by atoms with Crippen molar-refractivity contribution in [3.8, 4) is 0 Å². The number of hydrogen-bond acceptors (Lipinski definition) is 6. The van der Waals surface area contributed by atoms with E-state index in [0.29, 0.717) is 39.7 Å². The lowest BCUT2D eigenvalue weighted by Gasteiger charge is -2.10. The molecule has 0 saturated carbocycles. The van der Waals surface area contributed by atoms with Gasteiger partial charge in [-0.25, -0.2) is 4.98 Å². The molecule has 0 unspecified atom stereocenters. The Kier molecular flexibility index (Phi) is 6.84. The average molecular weight is 429 g/mol. The van der Waals surface area contributed by atoms with Crippen molar-refractivity contribution in [3.63, 3.8) is 0 Å². The molecule has 2 aromatic heterocycles. The molecule has 0 bridgehead atoms. The lowest BCUT2D eigenvalue weighted by Crippen LogP contribution is -2.23. The van der Waals surface area contributed by atoms with Crippen LogP contribution < -0.4 is 16.2 Å². The number of nitrogens with zero attached hydrogens (tertiary/aromatic N) is 2. The molecule has 2 heterocycles. The molecular weight excluding hydrogens is 408 g/mol. The van der Waals surface area contributed by atoms with Gasteiger partial charge in [-0.2, -0.15) is 0 Å². The predicted molar refractivity (Wildman–Crippen MR) is 118 cm³/mol. The minimum Gasteiger partial charge on any atom is -0.352 e. The zero-order valence-electron chi connectivity index (χ0n) is 15.8. The van der Waals surface area contributed by atoms with Crippen molar-refractivity contribution in [2.24, 2.45) is 0 Å². The quantitative estimate of drug-likeness (QED) is 0.327. The van der Waals surface area contributed by atoms with E-state index in [1.54, 1.807) is 36.4 Å². The van der Waals surface area contributed by atoms with Crippen molar-refractivity contribution in [1.29, 1.82) is 0 Å². The molecule has 3 rings (SSSR count).